The highest BCUT2D eigenvalue weighted by Crippen LogP contribution is 2.18. The van der Waals surface area contributed by atoms with Gasteiger partial charge in [-0.05, 0) is 69.5 Å². The SMILES string of the molecule is CCNC(=O)c1ccc(NC(=O)CCC2CCNCC2)cc1. The number of amides is 2. The van der Waals surface area contributed by atoms with Gasteiger partial charge in [0.25, 0.3) is 5.91 Å². The molecule has 1 heterocycles. The van der Waals surface area contributed by atoms with Crippen LogP contribution in [0.2, 0.25) is 0 Å². The first-order valence-corrected chi connectivity index (χ1v) is 8.08. The maximum absolute atomic E-state index is 12.0. The van der Waals surface area contributed by atoms with Crippen molar-refractivity contribution in [1.29, 1.82) is 0 Å². The Balaban J connectivity index is 1.77. The van der Waals surface area contributed by atoms with E-state index in [1.165, 1.54) is 0 Å². The average molecular weight is 303 g/mol. The number of benzene rings is 1. The number of carbonyl (C=O) groups excluding carboxylic acids is 2. The van der Waals surface area contributed by atoms with Crippen LogP contribution in [0.4, 0.5) is 5.69 Å². The fraction of sp³-hybridized carbons (Fsp3) is 0.529. The molecule has 1 aliphatic heterocycles. The normalized spacial score (nSPS) is 15.3. The summed E-state index contributed by atoms with van der Waals surface area (Å²) in [5.41, 5.74) is 1.35. The lowest BCUT2D eigenvalue weighted by Crippen LogP contribution is -2.28. The van der Waals surface area contributed by atoms with Crippen molar-refractivity contribution >= 4 is 17.5 Å². The number of hydrogen-bond acceptors (Lipinski definition) is 3. The summed E-state index contributed by atoms with van der Waals surface area (Å²) in [4.78, 5) is 23.6. The number of rotatable bonds is 6. The molecule has 5 nitrogen and oxygen atoms in total. The number of hydrogen-bond donors (Lipinski definition) is 3. The van der Waals surface area contributed by atoms with Crippen LogP contribution in [0.25, 0.3) is 0 Å². The van der Waals surface area contributed by atoms with Crippen molar-refractivity contribution in [2.75, 3.05) is 25.0 Å². The van der Waals surface area contributed by atoms with Crippen LogP contribution in [0.1, 0.15) is 43.0 Å². The largest absolute Gasteiger partial charge is 0.352 e. The van der Waals surface area contributed by atoms with Gasteiger partial charge < -0.3 is 16.0 Å². The molecule has 0 atom stereocenters. The summed E-state index contributed by atoms with van der Waals surface area (Å²) in [6, 6.07) is 7.00. The van der Waals surface area contributed by atoms with Crippen molar-refractivity contribution in [3.63, 3.8) is 0 Å². The Morgan fingerprint density at radius 1 is 1.18 bits per heavy atom. The lowest BCUT2D eigenvalue weighted by atomic mass is 9.93. The standard InChI is InChI=1S/C17H25N3O2/c1-2-19-17(22)14-4-6-15(7-5-14)20-16(21)8-3-13-9-11-18-12-10-13/h4-7,13,18H,2-3,8-12H2,1H3,(H,19,22)(H,20,21). The zero-order valence-corrected chi connectivity index (χ0v) is 13.2. The molecule has 0 spiro atoms. The fourth-order valence-electron chi connectivity index (χ4n) is 2.70. The van der Waals surface area contributed by atoms with Crippen LogP contribution in [0, 0.1) is 5.92 Å². The third kappa shape index (κ3) is 5.15. The predicted octanol–water partition coefficient (Wildman–Crippen LogP) is 2.15. The summed E-state index contributed by atoms with van der Waals surface area (Å²) in [7, 11) is 0. The Labute approximate surface area is 131 Å². The smallest absolute Gasteiger partial charge is 0.251 e. The molecule has 0 bridgehead atoms. The average Bonchev–Trinajstić information content (AvgIpc) is 2.55. The fourth-order valence-corrected chi connectivity index (χ4v) is 2.70. The van der Waals surface area contributed by atoms with Crippen molar-refractivity contribution in [2.45, 2.75) is 32.6 Å². The van der Waals surface area contributed by atoms with Gasteiger partial charge in [0.05, 0.1) is 0 Å². The Morgan fingerprint density at radius 2 is 1.86 bits per heavy atom. The second kappa shape index (κ2) is 8.54. The van der Waals surface area contributed by atoms with Crippen LogP contribution in [-0.2, 0) is 4.79 Å². The molecule has 0 radical (unpaired) electrons. The van der Waals surface area contributed by atoms with Crippen LogP contribution in [0.3, 0.4) is 0 Å². The topological polar surface area (TPSA) is 70.2 Å². The predicted molar refractivity (Wildman–Crippen MR) is 87.9 cm³/mol. The van der Waals surface area contributed by atoms with Gasteiger partial charge in [-0.15, -0.1) is 0 Å². The van der Waals surface area contributed by atoms with Gasteiger partial charge in [0.1, 0.15) is 0 Å². The first kappa shape index (κ1) is 16.5. The monoisotopic (exact) mass is 303 g/mol. The van der Waals surface area contributed by atoms with E-state index >= 15 is 0 Å². The quantitative estimate of drug-likeness (QED) is 0.754. The molecule has 0 aromatic heterocycles. The minimum Gasteiger partial charge on any atom is -0.352 e. The number of piperidine rings is 1. The van der Waals surface area contributed by atoms with E-state index in [0.29, 0.717) is 24.4 Å². The molecule has 3 N–H and O–H groups in total. The van der Waals surface area contributed by atoms with Crippen LogP contribution < -0.4 is 16.0 Å². The molecule has 2 amide bonds. The van der Waals surface area contributed by atoms with Crippen LogP contribution >= 0.6 is 0 Å². The van der Waals surface area contributed by atoms with Gasteiger partial charge in [0, 0.05) is 24.2 Å². The molecular formula is C17H25N3O2. The molecule has 1 fully saturated rings. The maximum atomic E-state index is 12.0. The molecule has 0 saturated carbocycles. The molecule has 1 aliphatic rings. The summed E-state index contributed by atoms with van der Waals surface area (Å²) >= 11 is 0. The van der Waals surface area contributed by atoms with Crippen molar-refractivity contribution < 1.29 is 9.59 Å². The molecule has 1 aromatic carbocycles. The van der Waals surface area contributed by atoms with Gasteiger partial charge >= 0.3 is 0 Å². The molecule has 1 aromatic rings. The van der Waals surface area contributed by atoms with Gasteiger partial charge in [-0.2, -0.15) is 0 Å². The lowest BCUT2D eigenvalue weighted by Gasteiger charge is -2.22. The third-order valence-corrected chi connectivity index (χ3v) is 4.01. The first-order chi connectivity index (χ1) is 10.7. The van der Waals surface area contributed by atoms with Gasteiger partial charge in [0.15, 0.2) is 0 Å². The minimum absolute atomic E-state index is 0.0456. The van der Waals surface area contributed by atoms with E-state index in [1.807, 2.05) is 6.92 Å². The highest BCUT2D eigenvalue weighted by atomic mass is 16.2. The Kier molecular flexibility index (Phi) is 6.40. The van der Waals surface area contributed by atoms with E-state index in [0.717, 1.165) is 38.0 Å². The molecule has 2 rings (SSSR count). The summed E-state index contributed by atoms with van der Waals surface area (Å²) in [5, 5.41) is 8.97. The summed E-state index contributed by atoms with van der Waals surface area (Å²) in [6.45, 7) is 4.62. The summed E-state index contributed by atoms with van der Waals surface area (Å²) in [5.74, 6) is 0.614. The minimum atomic E-state index is -0.0914. The molecule has 0 unspecified atom stereocenters. The van der Waals surface area contributed by atoms with Gasteiger partial charge in [-0.3, -0.25) is 9.59 Å². The van der Waals surface area contributed by atoms with Crippen LogP contribution in [0.15, 0.2) is 24.3 Å². The zero-order valence-electron chi connectivity index (χ0n) is 13.2. The van der Waals surface area contributed by atoms with Crippen LogP contribution in [0.5, 0.6) is 0 Å². The molecule has 22 heavy (non-hydrogen) atoms. The maximum Gasteiger partial charge on any atom is 0.251 e. The first-order valence-electron chi connectivity index (χ1n) is 8.08. The number of nitrogens with one attached hydrogen (secondary N) is 3. The van der Waals surface area contributed by atoms with Gasteiger partial charge in [-0.25, -0.2) is 0 Å². The van der Waals surface area contributed by atoms with E-state index in [9.17, 15) is 9.59 Å². The second-order valence-electron chi connectivity index (χ2n) is 5.72. The van der Waals surface area contributed by atoms with Gasteiger partial charge in [-0.1, -0.05) is 0 Å². The third-order valence-electron chi connectivity index (χ3n) is 4.01. The molecule has 0 aliphatic carbocycles. The van der Waals surface area contributed by atoms with E-state index < -0.39 is 0 Å². The number of anilines is 1. The Hall–Kier alpha value is -1.88. The zero-order chi connectivity index (χ0) is 15.8. The van der Waals surface area contributed by atoms with Crippen LogP contribution in [-0.4, -0.2) is 31.4 Å². The Bertz CT molecular complexity index is 493. The second-order valence-corrected chi connectivity index (χ2v) is 5.72. The van der Waals surface area contributed by atoms with E-state index in [4.69, 9.17) is 0 Å². The Morgan fingerprint density at radius 3 is 2.50 bits per heavy atom. The summed E-state index contributed by atoms with van der Waals surface area (Å²) in [6.07, 6.45) is 3.83. The van der Waals surface area contributed by atoms with Crippen molar-refractivity contribution in [3.8, 4) is 0 Å². The highest BCUT2D eigenvalue weighted by Gasteiger charge is 2.14. The number of carbonyl (C=O) groups is 2. The molecular weight excluding hydrogens is 278 g/mol. The van der Waals surface area contributed by atoms with E-state index in [1.54, 1.807) is 24.3 Å². The van der Waals surface area contributed by atoms with E-state index in [2.05, 4.69) is 16.0 Å². The van der Waals surface area contributed by atoms with Crippen molar-refractivity contribution in [3.05, 3.63) is 29.8 Å². The van der Waals surface area contributed by atoms with Crippen molar-refractivity contribution in [1.82, 2.24) is 10.6 Å². The van der Waals surface area contributed by atoms with Crippen molar-refractivity contribution in [2.24, 2.45) is 5.92 Å². The lowest BCUT2D eigenvalue weighted by molar-refractivity contribution is -0.116. The van der Waals surface area contributed by atoms with E-state index in [-0.39, 0.29) is 11.8 Å². The molecule has 1 saturated heterocycles. The summed E-state index contributed by atoms with van der Waals surface area (Å²) < 4.78 is 0. The van der Waals surface area contributed by atoms with Gasteiger partial charge in [0.2, 0.25) is 5.91 Å². The molecule has 120 valence electrons. The molecule has 5 heteroatoms. The highest BCUT2D eigenvalue weighted by molar-refractivity contribution is 5.95.